The molecule has 0 saturated heterocycles. The van der Waals surface area contributed by atoms with Crippen LogP contribution >= 0.6 is 0 Å². The highest BCUT2D eigenvalue weighted by molar-refractivity contribution is 6.07. The van der Waals surface area contributed by atoms with Gasteiger partial charge in [0.1, 0.15) is 5.76 Å². The van der Waals surface area contributed by atoms with Crippen molar-refractivity contribution in [2.45, 2.75) is 13.3 Å². The molecule has 0 aliphatic rings. The van der Waals surface area contributed by atoms with Crippen LogP contribution in [0.1, 0.15) is 23.2 Å². The third kappa shape index (κ3) is 2.30. The van der Waals surface area contributed by atoms with Gasteiger partial charge < -0.3 is 9.73 Å². The number of rotatable bonds is 3. The zero-order valence-corrected chi connectivity index (χ0v) is 11.2. The molecule has 0 spiro atoms. The SMILES string of the molecule is CCc1ccc(C(=O)Nc2cccc3ccccc23)o1. The summed E-state index contributed by atoms with van der Waals surface area (Å²) in [6.45, 7) is 1.99. The Hall–Kier alpha value is -2.55. The van der Waals surface area contributed by atoms with Crippen molar-refractivity contribution in [2.24, 2.45) is 0 Å². The molecular weight excluding hydrogens is 250 g/mol. The van der Waals surface area contributed by atoms with Gasteiger partial charge >= 0.3 is 0 Å². The van der Waals surface area contributed by atoms with E-state index in [0.717, 1.165) is 28.6 Å². The Balaban J connectivity index is 1.91. The molecule has 0 atom stereocenters. The third-order valence-corrected chi connectivity index (χ3v) is 3.27. The quantitative estimate of drug-likeness (QED) is 0.769. The lowest BCUT2D eigenvalue weighted by molar-refractivity contribution is 0.0995. The first-order valence-corrected chi connectivity index (χ1v) is 6.66. The number of furan rings is 1. The van der Waals surface area contributed by atoms with Gasteiger partial charge in [-0.05, 0) is 23.6 Å². The molecule has 3 nitrogen and oxygen atoms in total. The van der Waals surface area contributed by atoms with Crippen LogP contribution < -0.4 is 5.32 Å². The van der Waals surface area contributed by atoms with E-state index >= 15 is 0 Å². The second kappa shape index (κ2) is 5.21. The molecule has 0 fully saturated rings. The maximum absolute atomic E-state index is 12.2. The molecule has 0 unspecified atom stereocenters. The van der Waals surface area contributed by atoms with Gasteiger partial charge in [0.2, 0.25) is 0 Å². The Kier molecular flexibility index (Phi) is 3.25. The van der Waals surface area contributed by atoms with E-state index in [1.165, 1.54) is 0 Å². The van der Waals surface area contributed by atoms with Crippen LogP contribution in [-0.2, 0) is 6.42 Å². The maximum atomic E-state index is 12.2. The number of amides is 1. The van der Waals surface area contributed by atoms with Crippen LogP contribution in [0.3, 0.4) is 0 Å². The van der Waals surface area contributed by atoms with E-state index in [1.54, 1.807) is 6.07 Å². The van der Waals surface area contributed by atoms with Crippen LogP contribution in [-0.4, -0.2) is 5.91 Å². The molecule has 0 radical (unpaired) electrons. The summed E-state index contributed by atoms with van der Waals surface area (Å²) in [5, 5.41) is 5.02. The molecule has 3 heteroatoms. The number of aryl methyl sites for hydroxylation is 1. The number of hydrogen-bond acceptors (Lipinski definition) is 2. The summed E-state index contributed by atoms with van der Waals surface area (Å²) >= 11 is 0. The minimum absolute atomic E-state index is 0.221. The highest BCUT2D eigenvalue weighted by atomic mass is 16.3. The molecule has 1 heterocycles. The van der Waals surface area contributed by atoms with Crippen LogP contribution in [0, 0.1) is 0 Å². The Morgan fingerprint density at radius 3 is 2.65 bits per heavy atom. The first kappa shape index (κ1) is 12.5. The van der Waals surface area contributed by atoms with Crippen LogP contribution in [0.2, 0.25) is 0 Å². The summed E-state index contributed by atoms with van der Waals surface area (Å²) in [6.07, 6.45) is 0.779. The molecule has 1 amide bonds. The van der Waals surface area contributed by atoms with E-state index < -0.39 is 0 Å². The van der Waals surface area contributed by atoms with Gasteiger partial charge in [0.25, 0.3) is 5.91 Å². The minimum Gasteiger partial charge on any atom is -0.456 e. The number of carbonyl (C=O) groups is 1. The lowest BCUT2D eigenvalue weighted by atomic mass is 10.1. The van der Waals surface area contributed by atoms with E-state index in [9.17, 15) is 4.79 Å². The Bertz CT molecular complexity index is 753. The average Bonchev–Trinajstić information content (AvgIpc) is 2.97. The highest BCUT2D eigenvalue weighted by Gasteiger charge is 2.12. The predicted octanol–water partition coefficient (Wildman–Crippen LogP) is 4.25. The predicted molar refractivity (Wildman–Crippen MR) is 80.0 cm³/mol. The van der Waals surface area contributed by atoms with Crippen molar-refractivity contribution in [1.29, 1.82) is 0 Å². The number of benzene rings is 2. The largest absolute Gasteiger partial charge is 0.456 e. The Labute approximate surface area is 117 Å². The molecule has 3 aromatic rings. The molecule has 1 aromatic heterocycles. The lowest BCUT2D eigenvalue weighted by Crippen LogP contribution is -2.11. The van der Waals surface area contributed by atoms with Crippen LogP contribution in [0.15, 0.2) is 59.0 Å². The molecule has 1 N–H and O–H groups in total. The molecule has 0 saturated carbocycles. The molecule has 100 valence electrons. The normalized spacial score (nSPS) is 10.7. The Morgan fingerprint density at radius 1 is 1.05 bits per heavy atom. The molecule has 20 heavy (non-hydrogen) atoms. The van der Waals surface area contributed by atoms with Crippen LogP contribution in [0.25, 0.3) is 10.8 Å². The van der Waals surface area contributed by atoms with Crippen molar-refractivity contribution < 1.29 is 9.21 Å². The number of fused-ring (bicyclic) bond motifs is 1. The molecule has 3 rings (SSSR count). The van der Waals surface area contributed by atoms with E-state index in [-0.39, 0.29) is 5.91 Å². The molecule has 0 aliphatic heterocycles. The maximum Gasteiger partial charge on any atom is 0.291 e. The van der Waals surface area contributed by atoms with Gasteiger partial charge in [0, 0.05) is 17.5 Å². The second-order valence-corrected chi connectivity index (χ2v) is 4.60. The van der Waals surface area contributed by atoms with Crippen molar-refractivity contribution in [3.8, 4) is 0 Å². The van der Waals surface area contributed by atoms with Gasteiger partial charge in [-0.3, -0.25) is 4.79 Å². The molecular formula is C17H15NO2. The van der Waals surface area contributed by atoms with Gasteiger partial charge in [-0.15, -0.1) is 0 Å². The van der Waals surface area contributed by atoms with E-state index in [4.69, 9.17) is 4.42 Å². The standard InChI is InChI=1S/C17H15NO2/c1-2-13-10-11-16(20-13)17(19)18-15-9-5-7-12-6-3-4-8-14(12)15/h3-11H,2H2,1H3,(H,18,19). The fourth-order valence-corrected chi connectivity index (χ4v) is 2.21. The monoisotopic (exact) mass is 265 g/mol. The average molecular weight is 265 g/mol. The first-order valence-electron chi connectivity index (χ1n) is 6.66. The van der Waals surface area contributed by atoms with Crippen molar-refractivity contribution >= 4 is 22.4 Å². The van der Waals surface area contributed by atoms with Gasteiger partial charge in [-0.25, -0.2) is 0 Å². The number of carbonyl (C=O) groups excluding carboxylic acids is 1. The van der Waals surface area contributed by atoms with Gasteiger partial charge in [-0.1, -0.05) is 43.3 Å². The fraction of sp³-hybridized carbons (Fsp3) is 0.118. The fourth-order valence-electron chi connectivity index (χ4n) is 2.21. The zero-order valence-electron chi connectivity index (χ0n) is 11.2. The Morgan fingerprint density at radius 2 is 1.85 bits per heavy atom. The van der Waals surface area contributed by atoms with Crippen LogP contribution in [0.4, 0.5) is 5.69 Å². The van der Waals surface area contributed by atoms with Crippen molar-refractivity contribution in [1.82, 2.24) is 0 Å². The van der Waals surface area contributed by atoms with E-state index in [1.807, 2.05) is 55.5 Å². The molecule has 0 bridgehead atoms. The molecule has 0 aliphatic carbocycles. The summed E-state index contributed by atoms with van der Waals surface area (Å²) in [4.78, 5) is 12.2. The van der Waals surface area contributed by atoms with Gasteiger partial charge in [0.05, 0.1) is 0 Å². The van der Waals surface area contributed by atoms with Crippen molar-refractivity contribution in [3.63, 3.8) is 0 Å². The number of nitrogens with one attached hydrogen (secondary N) is 1. The smallest absolute Gasteiger partial charge is 0.291 e. The second-order valence-electron chi connectivity index (χ2n) is 4.60. The molecule has 2 aromatic carbocycles. The highest BCUT2D eigenvalue weighted by Crippen LogP contribution is 2.23. The van der Waals surface area contributed by atoms with Crippen molar-refractivity contribution in [3.05, 3.63) is 66.1 Å². The summed E-state index contributed by atoms with van der Waals surface area (Å²) in [6, 6.07) is 17.3. The van der Waals surface area contributed by atoms with Crippen molar-refractivity contribution in [2.75, 3.05) is 5.32 Å². The first-order chi connectivity index (χ1) is 9.78. The van der Waals surface area contributed by atoms with Crippen LogP contribution in [0.5, 0.6) is 0 Å². The summed E-state index contributed by atoms with van der Waals surface area (Å²) in [5.74, 6) is 0.934. The summed E-state index contributed by atoms with van der Waals surface area (Å²) in [5.41, 5.74) is 0.794. The zero-order chi connectivity index (χ0) is 13.9. The summed E-state index contributed by atoms with van der Waals surface area (Å²) in [7, 11) is 0. The minimum atomic E-state index is -0.221. The van der Waals surface area contributed by atoms with E-state index in [0.29, 0.717) is 5.76 Å². The van der Waals surface area contributed by atoms with E-state index in [2.05, 4.69) is 5.32 Å². The summed E-state index contributed by atoms with van der Waals surface area (Å²) < 4.78 is 5.47. The van der Waals surface area contributed by atoms with Gasteiger partial charge in [0.15, 0.2) is 5.76 Å². The topological polar surface area (TPSA) is 42.2 Å². The lowest BCUT2D eigenvalue weighted by Gasteiger charge is -2.07. The number of anilines is 1. The third-order valence-electron chi connectivity index (χ3n) is 3.27. The number of hydrogen-bond donors (Lipinski definition) is 1. The van der Waals surface area contributed by atoms with Gasteiger partial charge in [-0.2, -0.15) is 0 Å².